The largest absolute Gasteiger partial charge is 0.435 e. The van der Waals surface area contributed by atoms with Crippen molar-refractivity contribution in [3.8, 4) is 5.75 Å². The average Bonchev–Trinajstić information content (AvgIpc) is 1.81. The van der Waals surface area contributed by atoms with Crippen LogP contribution >= 0.6 is 11.6 Å². The van der Waals surface area contributed by atoms with Crippen molar-refractivity contribution in [2.75, 3.05) is 0 Å². The highest BCUT2D eigenvalue weighted by atomic mass is 35.5. The molecule has 0 spiro atoms. The van der Waals surface area contributed by atoms with Crippen LogP contribution in [-0.2, 0) is 0 Å². The normalized spacial score (nSPS) is 10.4. The van der Waals surface area contributed by atoms with Gasteiger partial charge in [0.25, 0.3) is 0 Å². The van der Waals surface area contributed by atoms with Gasteiger partial charge in [0.1, 0.15) is 11.6 Å². The molecule has 1 aromatic carbocycles. The monoisotopic (exact) mass is 196 g/mol. The molecule has 0 saturated heterocycles. The molecule has 0 aliphatic carbocycles. The van der Waals surface area contributed by atoms with E-state index in [-0.39, 0.29) is 10.8 Å². The van der Waals surface area contributed by atoms with Crippen LogP contribution in [0.3, 0.4) is 0 Å². The standard InChI is InChI=1S/C7H4ClF3O/c8-4-1-5(9)3-6(2-4)12-7(10)11/h1-3,7H. The van der Waals surface area contributed by atoms with Crippen molar-refractivity contribution < 1.29 is 17.9 Å². The topological polar surface area (TPSA) is 9.23 Å². The minimum absolute atomic E-state index is 0.0191. The van der Waals surface area contributed by atoms with Crippen LogP contribution in [0.2, 0.25) is 5.02 Å². The molecule has 1 aromatic rings. The third-order valence-electron chi connectivity index (χ3n) is 1.06. The summed E-state index contributed by atoms with van der Waals surface area (Å²) in [5.74, 6) is -0.992. The highest BCUT2D eigenvalue weighted by molar-refractivity contribution is 6.30. The first-order chi connectivity index (χ1) is 5.58. The second-order valence-corrected chi connectivity index (χ2v) is 2.42. The lowest BCUT2D eigenvalue weighted by Crippen LogP contribution is -2.01. The molecule has 0 heterocycles. The first-order valence-corrected chi connectivity index (χ1v) is 3.36. The van der Waals surface area contributed by atoms with Gasteiger partial charge in [-0.2, -0.15) is 8.78 Å². The molecule has 0 aliphatic rings. The molecular weight excluding hydrogens is 193 g/mol. The van der Waals surface area contributed by atoms with Crippen LogP contribution in [0.15, 0.2) is 18.2 Å². The number of hydrogen-bond acceptors (Lipinski definition) is 1. The second-order valence-electron chi connectivity index (χ2n) is 1.98. The molecule has 0 unspecified atom stereocenters. The zero-order valence-electron chi connectivity index (χ0n) is 5.73. The second kappa shape index (κ2) is 3.67. The number of halogens is 4. The molecule has 0 atom stereocenters. The summed E-state index contributed by atoms with van der Waals surface area (Å²) < 4.78 is 39.6. The lowest BCUT2D eigenvalue weighted by atomic mass is 10.3. The van der Waals surface area contributed by atoms with Crippen molar-refractivity contribution in [1.29, 1.82) is 0 Å². The fourth-order valence-corrected chi connectivity index (χ4v) is 0.911. The molecule has 1 nitrogen and oxygen atoms in total. The van der Waals surface area contributed by atoms with Gasteiger partial charge < -0.3 is 4.74 Å². The zero-order valence-corrected chi connectivity index (χ0v) is 6.49. The molecule has 0 N–H and O–H groups in total. The highest BCUT2D eigenvalue weighted by Gasteiger charge is 2.06. The maximum atomic E-state index is 12.5. The van der Waals surface area contributed by atoms with Crippen LogP contribution in [0.1, 0.15) is 0 Å². The Labute approximate surface area is 71.7 Å². The quantitative estimate of drug-likeness (QED) is 0.706. The van der Waals surface area contributed by atoms with Crippen molar-refractivity contribution in [2.24, 2.45) is 0 Å². The van der Waals surface area contributed by atoms with Crippen LogP contribution in [0.4, 0.5) is 13.2 Å². The van der Waals surface area contributed by atoms with Gasteiger partial charge in [0.15, 0.2) is 0 Å². The summed E-state index contributed by atoms with van der Waals surface area (Å²) in [6.07, 6.45) is 0. The first-order valence-electron chi connectivity index (χ1n) is 2.99. The van der Waals surface area contributed by atoms with E-state index in [2.05, 4.69) is 4.74 Å². The molecule has 66 valence electrons. The lowest BCUT2D eigenvalue weighted by molar-refractivity contribution is -0.0499. The van der Waals surface area contributed by atoms with Crippen LogP contribution in [0.25, 0.3) is 0 Å². The predicted molar refractivity (Wildman–Crippen MR) is 38.0 cm³/mol. The van der Waals surface area contributed by atoms with E-state index < -0.39 is 12.4 Å². The molecule has 0 saturated carbocycles. The number of ether oxygens (including phenoxy) is 1. The van der Waals surface area contributed by atoms with Crippen LogP contribution in [0.5, 0.6) is 5.75 Å². The fourth-order valence-electron chi connectivity index (χ4n) is 0.699. The molecule has 0 aromatic heterocycles. The molecule has 0 aliphatic heterocycles. The van der Waals surface area contributed by atoms with E-state index in [9.17, 15) is 13.2 Å². The maximum absolute atomic E-state index is 12.5. The Morgan fingerprint density at radius 2 is 1.92 bits per heavy atom. The molecule has 12 heavy (non-hydrogen) atoms. The SMILES string of the molecule is Fc1cc(Cl)cc(OC(F)F)c1. The summed E-state index contributed by atoms with van der Waals surface area (Å²) in [4.78, 5) is 0. The summed E-state index contributed by atoms with van der Waals surface area (Å²) in [6, 6.07) is 2.94. The minimum atomic E-state index is -2.97. The number of alkyl halides is 2. The van der Waals surface area contributed by atoms with Crippen molar-refractivity contribution in [2.45, 2.75) is 6.61 Å². The van der Waals surface area contributed by atoms with Crippen molar-refractivity contribution >= 4 is 11.6 Å². The van der Waals surface area contributed by atoms with Crippen LogP contribution in [-0.4, -0.2) is 6.61 Å². The van der Waals surface area contributed by atoms with E-state index >= 15 is 0 Å². The Bertz CT molecular complexity index is 257. The van der Waals surface area contributed by atoms with E-state index in [4.69, 9.17) is 11.6 Å². The van der Waals surface area contributed by atoms with Crippen molar-refractivity contribution in [1.82, 2.24) is 0 Å². The average molecular weight is 197 g/mol. The Morgan fingerprint density at radius 1 is 1.25 bits per heavy atom. The Kier molecular flexibility index (Phi) is 2.81. The zero-order chi connectivity index (χ0) is 9.14. The molecule has 0 amide bonds. The summed E-state index contributed by atoms with van der Waals surface area (Å²) in [7, 11) is 0. The van der Waals surface area contributed by atoms with Crippen molar-refractivity contribution in [3.05, 3.63) is 29.0 Å². The molecule has 5 heteroatoms. The molecule has 1 rings (SSSR count). The summed E-state index contributed by atoms with van der Waals surface area (Å²) in [5.41, 5.74) is 0. The van der Waals surface area contributed by atoms with Gasteiger partial charge in [0, 0.05) is 11.1 Å². The number of benzene rings is 1. The van der Waals surface area contributed by atoms with E-state index in [0.717, 1.165) is 18.2 Å². The lowest BCUT2D eigenvalue weighted by Gasteiger charge is -2.03. The Balaban J connectivity index is 2.85. The smallest absolute Gasteiger partial charge is 0.387 e. The van der Waals surface area contributed by atoms with Gasteiger partial charge in [-0.25, -0.2) is 4.39 Å². The molecule has 0 radical (unpaired) electrons. The van der Waals surface area contributed by atoms with E-state index in [0.29, 0.717) is 0 Å². The summed E-state index contributed by atoms with van der Waals surface area (Å²) in [6.45, 7) is -2.97. The predicted octanol–water partition coefficient (Wildman–Crippen LogP) is 3.08. The van der Waals surface area contributed by atoms with Gasteiger partial charge >= 0.3 is 6.61 Å². The van der Waals surface area contributed by atoms with Gasteiger partial charge in [-0.05, 0) is 12.1 Å². The fraction of sp³-hybridized carbons (Fsp3) is 0.143. The van der Waals surface area contributed by atoms with Crippen LogP contribution < -0.4 is 4.74 Å². The number of hydrogen-bond donors (Lipinski definition) is 0. The number of rotatable bonds is 2. The highest BCUT2D eigenvalue weighted by Crippen LogP contribution is 2.21. The third-order valence-corrected chi connectivity index (χ3v) is 1.28. The van der Waals surface area contributed by atoms with Crippen LogP contribution in [0, 0.1) is 5.82 Å². The molecular formula is C7H4ClF3O. The van der Waals surface area contributed by atoms with Gasteiger partial charge in [0.05, 0.1) is 0 Å². The van der Waals surface area contributed by atoms with Gasteiger partial charge in [-0.15, -0.1) is 0 Å². The maximum Gasteiger partial charge on any atom is 0.387 e. The van der Waals surface area contributed by atoms with E-state index in [1.165, 1.54) is 0 Å². The third kappa shape index (κ3) is 2.62. The molecule has 0 fully saturated rings. The Hall–Kier alpha value is -0.900. The van der Waals surface area contributed by atoms with E-state index in [1.807, 2.05) is 0 Å². The van der Waals surface area contributed by atoms with Gasteiger partial charge in [0.2, 0.25) is 0 Å². The minimum Gasteiger partial charge on any atom is -0.435 e. The Morgan fingerprint density at radius 3 is 2.42 bits per heavy atom. The van der Waals surface area contributed by atoms with Gasteiger partial charge in [-0.1, -0.05) is 11.6 Å². The van der Waals surface area contributed by atoms with E-state index in [1.54, 1.807) is 0 Å². The molecule has 0 bridgehead atoms. The first kappa shape index (κ1) is 9.19. The van der Waals surface area contributed by atoms with Crippen molar-refractivity contribution in [3.63, 3.8) is 0 Å². The van der Waals surface area contributed by atoms with Gasteiger partial charge in [-0.3, -0.25) is 0 Å². The summed E-state index contributed by atoms with van der Waals surface area (Å²) >= 11 is 5.37. The summed E-state index contributed by atoms with van der Waals surface area (Å²) in [5, 5.41) is 0.0191.